The Kier molecular flexibility index (Phi) is 5.58. The highest BCUT2D eigenvalue weighted by molar-refractivity contribution is 6.00. The van der Waals surface area contributed by atoms with Crippen LogP contribution >= 0.6 is 0 Å². The fraction of sp³-hybridized carbons (Fsp3) is 0.360. The van der Waals surface area contributed by atoms with Crippen molar-refractivity contribution in [2.75, 3.05) is 18.9 Å². The van der Waals surface area contributed by atoms with Crippen LogP contribution in [0, 0.1) is 5.82 Å². The van der Waals surface area contributed by atoms with Gasteiger partial charge in [-0.1, -0.05) is 13.0 Å². The first-order valence-electron chi connectivity index (χ1n) is 11.3. The van der Waals surface area contributed by atoms with Crippen LogP contribution in [0.2, 0.25) is 0 Å². The summed E-state index contributed by atoms with van der Waals surface area (Å²) in [6.45, 7) is 4.22. The van der Waals surface area contributed by atoms with E-state index in [-0.39, 0.29) is 43.0 Å². The van der Waals surface area contributed by atoms with Gasteiger partial charge in [-0.05, 0) is 37.1 Å². The van der Waals surface area contributed by atoms with Gasteiger partial charge in [0.25, 0.3) is 5.91 Å². The van der Waals surface area contributed by atoms with Crippen LogP contribution in [0.1, 0.15) is 65.0 Å². The van der Waals surface area contributed by atoms with Crippen LogP contribution in [0.25, 0.3) is 10.9 Å². The van der Waals surface area contributed by atoms with E-state index < -0.39 is 29.5 Å². The number of nitrogens with zero attached hydrogens (tertiary/aromatic N) is 2. The van der Waals surface area contributed by atoms with Crippen LogP contribution in [0.5, 0.6) is 5.75 Å². The van der Waals surface area contributed by atoms with Crippen LogP contribution in [0.3, 0.4) is 0 Å². The number of hydrogen-bond acceptors (Lipinski definition) is 5. The lowest BCUT2D eigenvalue weighted by Gasteiger charge is -2.28. The molecule has 0 radical (unpaired) electrons. The molecule has 0 spiro atoms. The summed E-state index contributed by atoms with van der Waals surface area (Å²) >= 11 is 0. The van der Waals surface area contributed by atoms with E-state index in [1.54, 1.807) is 0 Å². The number of anilines is 1. The zero-order valence-corrected chi connectivity index (χ0v) is 19.1. The van der Waals surface area contributed by atoms with Crippen molar-refractivity contribution < 1.29 is 31.8 Å². The van der Waals surface area contributed by atoms with Gasteiger partial charge in [0.2, 0.25) is 0 Å². The molecule has 2 aliphatic rings. The molecular formula is C25H23F4N3O3. The maximum atomic E-state index is 15.2. The van der Waals surface area contributed by atoms with Crippen molar-refractivity contribution >= 4 is 22.6 Å². The summed E-state index contributed by atoms with van der Waals surface area (Å²) < 4.78 is 65.7. The molecule has 0 unspecified atom stereocenters. The molecule has 0 fully saturated rings. The van der Waals surface area contributed by atoms with E-state index in [9.17, 15) is 18.0 Å². The van der Waals surface area contributed by atoms with E-state index in [0.717, 1.165) is 23.3 Å². The number of rotatable bonds is 4. The van der Waals surface area contributed by atoms with Gasteiger partial charge in [-0.2, -0.15) is 13.2 Å². The summed E-state index contributed by atoms with van der Waals surface area (Å²) in [6, 6.07) is 5.22. The number of nitrogens with two attached hydrogens (primary N) is 1. The summed E-state index contributed by atoms with van der Waals surface area (Å²) in [5.41, 5.74) is 7.35. The van der Waals surface area contributed by atoms with Gasteiger partial charge in [0, 0.05) is 29.1 Å². The van der Waals surface area contributed by atoms with Gasteiger partial charge in [-0.15, -0.1) is 0 Å². The first-order chi connectivity index (χ1) is 16.6. The zero-order valence-electron chi connectivity index (χ0n) is 19.1. The van der Waals surface area contributed by atoms with Crippen molar-refractivity contribution in [3.8, 4) is 5.75 Å². The third-order valence-corrected chi connectivity index (χ3v) is 6.57. The van der Waals surface area contributed by atoms with E-state index in [1.165, 1.54) is 23.1 Å². The third-order valence-electron chi connectivity index (χ3n) is 6.57. The van der Waals surface area contributed by atoms with Gasteiger partial charge < -0.3 is 20.1 Å². The first kappa shape index (κ1) is 23.3. The number of nitrogen functional groups attached to an aromatic ring is 1. The Hall–Kier alpha value is -3.40. The van der Waals surface area contributed by atoms with E-state index in [2.05, 4.69) is 4.98 Å². The Balaban J connectivity index is 1.55. The van der Waals surface area contributed by atoms with Gasteiger partial charge in [-0.3, -0.25) is 4.79 Å². The van der Waals surface area contributed by atoms with E-state index in [1.807, 2.05) is 13.8 Å². The van der Waals surface area contributed by atoms with Crippen molar-refractivity contribution in [2.45, 2.75) is 45.2 Å². The van der Waals surface area contributed by atoms with Crippen molar-refractivity contribution in [3.63, 3.8) is 0 Å². The van der Waals surface area contributed by atoms with E-state index in [0.29, 0.717) is 22.9 Å². The molecule has 1 aromatic heterocycles. The van der Waals surface area contributed by atoms with E-state index >= 15 is 4.39 Å². The van der Waals surface area contributed by atoms with Gasteiger partial charge >= 0.3 is 6.18 Å². The molecule has 2 atom stereocenters. The molecule has 2 aliphatic heterocycles. The molecule has 3 aromatic rings. The topological polar surface area (TPSA) is 77.7 Å². The smallest absolute Gasteiger partial charge is 0.416 e. The fourth-order valence-electron chi connectivity index (χ4n) is 4.87. The van der Waals surface area contributed by atoms with E-state index in [4.69, 9.17) is 15.2 Å². The molecule has 1 amide bonds. The largest absolute Gasteiger partial charge is 0.491 e. The Morgan fingerprint density at radius 2 is 2.03 bits per heavy atom. The fourth-order valence-corrected chi connectivity index (χ4v) is 4.87. The lowest BCUT2D eigenvalue weighted by Crippen LogP contribution is -2.37. The van der Waals surface area contributed by atoms with Crippen molar-refractivity contribution in [3.05, 3.63) is 64.0 Å². The van der Waals surface area contributed by atoms with Crippen LogP contribution in [0.15, 0.2) is 30.3 Å². The Morgan fingerprint density at radius 1 is 1.26 bits per heavy atom. The Bertz CT molecular complexity index is 1340. The molecule has 2 N–H and O–H groups in total. The summed E-state index contributed by atoms with van der Waals surface area (Å²) in [5, 5.41) is 0.581. The van der Waals surface area contributed by atoms with Crippen LogP contribution < -0.4 is 10.5 Å². The Labute approximate surface area is 198 Å². The number of pyridine rings is 1. The minimum absolute atomic E-state index is 0.0174. The summed E-state index contributed by atoms with van der Waals surface area (Å²) in [5.74, 6) is -0.998. The minimum atomic E-state index is -4.51. The lowest BCUT2D eigenvalue weighted by atomic mass is 9.98. The number of alkyl halides is 3. The number of aromatic nitrogens is 1. The van der Waals surface area contributed by atoms with Gasteiger partial charge in [0.1, 0.15) is 24.0 Å². The second-order valence-electron chi connectivity index (χ2n) is 8.77. The molecule has 6 nitrogen and oxygen atoms in total. The average molecular weight is 489 g/mol. The predicted molar refractivity (Wildman–Crippen MR) is 120 cm³/mol. The molecule has 5 rings (SSSR count). The number of carbonyl (C=O) groups is 1. The number of fused-ring (bicyclic) bond motifs is 4. The van der Waals surface area contributed by atoms with Gasteiger partial charge in [0.05, 0.1) is 35.4 Å². The molecule has 0 aliphatic carbocycles. The number of hydrogen-bond donors (Lipinski definition) is 1. The lowest BCUT2D eigenvalue weighted by molar-refractivity contribution is -0.137. The number of halogens is 4. The molecule has 0 bridgehead atoms. The standard InChI is InChI=1S/C25H23F4N3O3/c1-3-6-32(20-11-35-21-7-13(25(27,28)29)4-5-14(20)21)24(33)16-8-15-17-10-34-12(2)22(17)23(30)31-19(15)9-18(16)26/h4-5,7-9,12,20H,3,6,10-11H2,1-2H3,(H2,30,31)/t12-,20-/m1/s1. The SMILES string of the molecule is CCCN(C(=O)c1cc2c3c(c(N)nc2cc1F)[C@@H](C)OC3)[C@@H]1COc2cc(C(F)(F)F)ccc21. The Morgan fingerprint density at radius 3 is 2.74 bits per heavy atom. The molecule has 0 saturated carbocycles. The first-order valence-corrected chi connectivity index (χ1v) is 11.3. The van der Waals surface area contributed by atoms with Gasteiger partial charge in [0.15, 0.2) is 0 Å². The normalized spacial score (nSPS) is 18.9. The highest BCUT2D eigenvalue weighted by Crippen LogP contribution is 2.42. The maximum absolute atomic E-state index is 15.2. The molecule has 10 heteroatoms. The van der Waals surface area contributed by atoms with Crippen molar-refractivity contribution in [1.29, 1.82) is 0 Å². The summed E-state index contributed by atoms with van der Waals surface area (Å²) in [7, 11) is 0. The second kappa shape index (κ2) is 8.37. The average Bonchev–Trinajstić information content (AvgIpc) is 3.40. The van der Waals surface area contributed by atoms with Crippen LogP contribution in [-0.2, 0) is 17.5 Å². The number of benzene rings is 2. The molecule has 2 aromatic carbocycles. The second-order valence-corrected chi connectivity index (χ2v) is 8.77. The van der Waals surface area contributed by atoms with Crippen LogP contribution in [-0.4, -0.2) is 28.9 Å². The predicted octanol–water partition coefficient (Wildman–Crippen LogP) is 5.55. The quantitative estimate of drug-likeness (QED) is 0.486. The van der Waals surface area contributed by atoms with Crippen molar-refractivity contribution in [1.82, 2.24) is 9.88 Å². The highest BCUT2D eigenvalue weighted by Gasteiger charge is 2.37. The maximum Gasteiger partial charge on any atom is 0.416 e. The summed E-state index contributed by atoms with van der Waals surface area (Å²) in [4.78, 5) is 19.4. The number of carbonyl (C=O) groups excluding carboxylic acids is 1. The number of amides is 1. The summed E-state index contributed by atoms with van der Waals surface area (Å²) in [6.07, 6.45) is -4.22. The molecule has 3 heterocycles. The molecule has 35 heavy (non-hydrogen) atoms. The van der Waals surface area contributed by atoms with Crippen LogP contribution in [0.4, 0.5) is 23.4 Å². The van der Waals surface area contributed by atoms with Gasteiger partial charge in [-0.25, -0.2) is 9.37 Å². The minimum Gasteiger partial charge on any atom is -0.491 e. The number of ether oxygens (including phenoxy) is 2. The third kappa shape index (κ3) is 3.85. The monoisotopic (exact) mass is 489 g/mol. The highest BCUT2D eigenvalue weighted by atomic mass is 19.4. The molecule has 0 saturated heterocycles. The zero-order chi connectivity index (χ0) is 25.1. The van der Waals surface area contributed by atoms with Crippen molar-refractivity contribution in [2.24, 2.45) is 0 Å². The molecular weight excluding hydrogens is 466 g/mol. The molecule has 184 valence electrons.